The van der Waals surface area contributed by atoms with Crippen LogP contribution < -0.4 is 0 Å². The maximum Gasteiger partial charge on any atom is 0.0433 e. The molecule has 1 aliphatic carbocycles. The van der Waals surface area contributed by atoms with Gasteiger partial charge in [-0.1, -0.05) is 187 Å². The van der Waals surface area contributed by atoms with Gasteiger partial charge in [-0.3, -0.25) is 0 Å². The predicted molar refractivity (Wildman–Crippen MR) is 238 cm³/mol. The standard InChI is InChI=1S/C54H36S/c1-33-20-24-37(25-21-33)50-44-29-28-39(32-47(44)55-54(50)38-26-22-34(2)23-27-38)40-30-31-46-51-41(40)18-11-19-45(51)52-48(35-12-5-3-6-13-35)42-16-9-10-17-43(42)49(53(46)52)36-14-7-4-8-15-36/h3-32H,1-2H3. The van der Waals surface area contributed by atoms with Crippen LogP contribution in [0.15, 0.2) is 182 Å². The largest absolute Gasteiger partial charge is 0.135 e. The van der Waals surface area contributed by atoms with E-state index in [9.17, 15) is 0 Å². The summed E-state index contributed by atoms with van der Waals surface area (Å²) < 4.78 is 1.30. The average molecular weight is 717 g/mol. The van der Waals surface area contributed by atoms with Crippen LogP contribution in [0.2, 0.25) is 0 Å². The minimum atomic E-state index is 1.25. The highest BCUT2D eigenvalue weighted by molar-refractivity contribution is 7.23. The Hall–Kier alpha value is -6.54. The number of hydrogen-bond donors (Lipinski definition) is 0. The van der Waals surface area contributed by atoms with E-state index in [1.54, 1.807) is 0 Å². The normalized spacial score (nSPS) is 11.8. The molecule has 0 N–H and O–H groups in total. The van der Waals surface area contributed by atoms with E-state index in [0.29, 0.717) is 0 Å². The van der Waals surface area contributed by atoms with Crippen LogP contribution >= 0.6 is 11.3 Å². The molecule has 1 heterocycles. The lowest BCUT2D eigenvalue weighted by atomic mass is 9.82. The molecule has 11 rings (SSSR count). The third-order valence-corrected chi connectivity index (χ3v) is 12.8. The van der Waals surface area contributed by atoms with Crippen molar-refractivity contribution in [2.24, 2.45) is 0 Å². The lowest BCUT2D eigenvalue weighted by molar-refractivity contribution is 1.47. The van der Waals surface area contributed by atoms with E-state index in [1.807, 2.05) is 11.3 Å². The van der Waals surface area contributed by atoms with Gasteiger partial charge >= 0.3 is 0 Å². The molecule has 258 valence electrons. The summed E-state index contributed by atoms with van der Waals surface area (Å²) in [7, 11) is 0. The van der Waals surface area contributed by atoms with E-state index in [2.05, 4.69) is 196 Å². The van der Waals surface area contributed by atoms with Gasteiger partial charge < -0.3 is 0 Å². The van der Waals surface area contributed by atoms with Crippen LogP contribution in [0.5, 0.6) is 0 Å². The molecular formula is C54H36S. The van der Waals surface area contributed by atoms with Crippen LogP contribution in [0.4, 0.5) is 0 Å². The second-order valence-electron chi connectivity index (χ2n) is 14.9. The first kappa shape index (κ1) is 31.9. The fourth-order valence-electron chi connectivity index (χ4n) is 9.04. The molecule has 0 nitrogen and oxygen atoms in total. The molecule has 0 atom stereocenters. The Bertz CT molecular complexity index is 3020. The van der Waals surface area contributed by atoms with Crippen molar-refractivity contribution >= 4 is 43.0 Å². The fraction of sp³-hybridized carbons (Fsp3) is 0.0370. The molecule has 1 heteroatoms. The number of aryl methyl sites for hydroxylation is 2. The number of benzene rings is 9. The van der Waals surface area contributed by atoms with Crippen molar-refractivity contribution in [2.75, 3.05) is 0 Å². The van der Waals surface area contributed by atoms with Crippen LogP contribution in [-0.4, -0.2) is 0 Å². The summed E-state index contributed by atoms with van der Waals surface area (Å²) in [6.45, 7) is 4.32. The molecule has 0 spiro atoms. The number of fused-ring (bicyclic) bond motifs is 5. The molecule has 55 heavy (non-hydrogen) atoms. The molecular weight excluding hydrogens is 681 g/mol. The fourth-order valence-corrected chi connectivity index (χ4v) is 10.3. The Labute approximate surface area is 325 Å². The van der Waals surface area contributed by atoms with E-state index in [-0.39, 0.29) is 0 Å². The Morgan fingerprint density at radius 3 is 1.42 bits per heavy atom. The van der Waals surface area contributed by atoms with Crippen molar-refractivity contribution in [3.05, 3.63) is 193 Å². The zero-order chi connectivity index (χ0) is 36.6. The first-order valence-corrected chi connectivity index (χ1v) is 19.9. The molecule has 1 aromatic heterocycles. The molecule has 1 aliphatic rings. The SMILES string of the molecule is Cc1ccc(-c2sc3cc(-c4ccc5c6c(cccc46)-c4c-5c(-c5ccccc5)c5ccccc5c4-c4ccccc4)ccc3c2-c2ccc(C)cc2)cc1. The average Bonchev–Trinajstić information content (AvgIpc) is 3.78. The molecule has 0 unspecified atom stereocenters. The van der Waals surface area contributed by atoms with E-state index >= 15 is 0 Å². The van der Waals surface area contributed by atoms with Crippen LogP contribution in [0.25, 0.3) is 109 Å². The van der Waals surface area contributed by atoms with Crippen molar-refractivity contribution in [3.8, 4) is 77.2 Å². The zero-order valence-corrected chi connectivity index (χ0v) is 31.5. The summed E-state index contributed by atoms with van der Waals surface area (Å²) >= 11 is 1.90. The number of rotatable bonds is 5. The molecule has 0 radical (unpaired) electrons. The quantitative estimate of drug-likeness (QED) is 0.166. The van der Waals surface area contributed by atoms with E-state index in [0.717, 1.165) is 0 Å². The van der Waals surface area contributed by atoms with E-state index < -0.39 is 0 Å². The zero-order valence-electron chi connectivity index (χ0n) is 30.7. The lowest BCUT2D eigenvalue weighted by Gasteiger charge is -2.20. The Morgan fingerprint density at radius 2 is 0.800 bits per heavy atom. The molecule has 0 bridgehead atoms. The minimum absolute atomic E-state index is 1.25. The minimum Gasteiger partial charge on any atom is -0.135 e. The molecule has 0 saturated carbocycles. The molecule has 0 saturated heterocycles. The summed E-state index contributed by atoms with van der Waals surface area (Å²) in [5, 5.41) is 6.51. The second kappa shape index (κ2) is 12.5. The molecule has 9 aromatic carbocycles. The van der Waals surface area contributed by atoms with Crippen LogP contribution in [0.3, 0.4) is 0 Å². The van der Waals surface area contributed by atoms with E-state index in [1.165, 1.54) is 120 Å². The second-order valence-corrected chi connectivity index (χ2v) is 16.0. The summed E-state index contributed by atoms with van der Waals surface area (Å²) in [6.07, 6.45) is 0. The van der Waals surface area contributed by atoms with Gasteiger partial charge in [0.05, 0.1) is 0 Å². The number of thiophene rings is 1. The highest BCUT2D eigenvalue weighted by Crippen LogP contribution is 2.58. The van der Waals surface area contributed by atoms with Crippen molar-refractivity contribution in [1.82, 2.24) is 0 Å². The van der Waals surface area contributed by atoms with Crippen molar-refractivity contribution in [1.29, 1.82) is 0 Å². The first-order chi connectivity index (χ1) is 27.1. The Kier molecular flexibility index (Phi) is 7.27. The maximum absolute atomic E-state index is 2.43. The van der Waals surface area contributed by atoms with Gasteiger partial charge in [0.2, 0.25) is 0 Å². The van der Waals surface area contributed by atoms with Crippen LogP contribution in [0, 0.1) is 13.8 Å². The van der Waals surface area contributed by atoms with Gasteiger partial charge in [-0.25, -0.2) is 0 Å². The summed E-state index contributed by atoms with van der Waals surface area (Å²) in [4.78, 5) is 1.32. The Morgan fingerprint density at radius 1 is 0.309 bits per heavy atom. The summed E-state index contributed by atoms with van der Waals surface area (Å²) in [5.74, 6) is 0. The van der Waals surface area contributed by atoms with Gasteiger partial charge in [0.15, 0.2) is 0 Å². The smallest absolute Gasteiger partial charge is 0.0433 e. The molecule has 0 aliphatic heterocycles. The Balaban J connectivity index is 1.17. The van der Waals surface area contributed by atoms with Gasteiger partial charge in [0.25, 0.3) is 0 Å². The lowest BCUT2D eigenvalue weighted by Crippen LogP contribution is -1.93. The van der Waals surface area contributed by atoms with Crippen LogP contribution in [0.1, 0.15) is 11.1 Å². The van der Waals surface area contributed by atoms with Gasteiger partial charge in [-0.15, -0.1) is 11.3 Å². The summed E-state index contributed by atoms with van der Waals surface area (Å²) in [5.41, 5.74) is 19.3. The topological polar surface area (TPSA) is 0 Å². The first-order valence-electron chi connectivity index (χ1n) is 19.1. The van der Waals surface area contributed by atoms with Gasteiger partial charge in [-0.2, -0.15) is 0 Å². The number of hydrogen-bond acceptors (Lipinski definition) is 1. The third kappa shape index (κ3) is 4.97. The highest BCUT2D eigenvalue weighted by Gasteiger charge is 2.31. The molecule has 0 fully saturated rings. The van der Waals surface area contributed by atoms with Crippen molar-refractivity contribution in [2.45, 2.75) is 13.8 Å². The third-order valence-electron chi connectivity index (χ3n) is 11.6. The summed E-state index contributed by atoms with van der Waals surface area (Å²) in [6, 6.07) is 67.8. The van der Waals surface area contributed by atoms with Crippen LogP contribution in [-0.2, 0) is 0 Å². The van der Waals surface area contributed by atoms with Crippen molar-refractivity contribution < 1.29 is 0 Å². The van der Waals surface area contributed by atoms with Gasteiger partial charge in [0.1, 0.15) is 0 Å². The maximum atomic E-state index is 2.43. The monoisotopic (exact) mass is 716 g/mol. The van der Waals surface area contributed by atoms with Crippen molar-refractivity contribution in [3.63, 3.8) is 0 Å². The van der Waals surface area contributed by atoms with E-state index in [4.69, 9.17) is 0 Å². The van der Waals surface area contributed by atoms with Gasteiger partial charge in [0, 0.05) is 20.5 Å². The molecule has 10 aromatic rings. The predicted octanol–water partition coefficient (Wildman–Crippen LogP) is 15.8. The van der Waals surface area contributed by atoms with Gasteiger partial charge in [-0.05, 0) is 108 Å². The molecule has 0 amide bonds. The highest BCUT2D eigenvalue weighted by atomic mass is 32.1.